The molecule has 2 aromatic rings. The van der Waals surface area contributed by atoms with Gasteiger partial charge in [0.1, 0.15) is 6.61 Å². The van der Waals surface area contributed by atoms with Crippen LogP contribution < -0.4 is 4.74 Å². The maximum absolute atomic E-state index is 10.5. The number of hydrogen-bond donors (Lipinski definition) is 1. The molecule has 17 heavy (non-hydrogen) atoms. The molecule has 0 amide bonds. The number of aromatic nitrogens is 2. The molecule has 1 aromatic heterocycles. The number of nitrogens with zero attached hydrogens (tertiary/aromatic N) is 2. The molecule has 0 aliphatic rings. The fourth-order valence-corrected chi connectivity index (χ4v) is 1.24. The Morgan fingerprint density at radius 3 is 2.47 bits per heavy atom. The fourth-order valence-electron chi connectivity index (χ4n) is 1.24. The average molecular weight is 230 g/mol. The van der Waals surface area contributed by atoms with Gasteiger partial charge in [-0.05, 0) is 11.6 Å². The van der Waals surface area contributed by atoms with Gasteiger partial charge < -0.3 is 9.84 Å². The third-order valence-corrected chi connectivity index (χ3v) is 2.09. The van der Waals surface area contributed by atoms with Gasteiger partial charge in [-0.15, -0.1) is 10.2 Å². The van der Waals surface area contributed by atoms with Crippen LogP contribution in [0.2, 0.25) is 0 Å². The summed E-state index contributed by atoms with van der Waals surface area (Å²) < 4.78 is 5.36. The summed E-state index contributed by atoms with van der Waals surface area (Å²) in [6.07, 6.45) is 0. The molecule has 0 saturated heterocycles. The summed E-state index contributed by atoms with van der Waals surface area (Å²) >= 11 is 0. The lowest BCUT2D eigenvalue weighted by molar-refractivity contribution is 0.0689. The van der Waals surface area contributed by atoms with Gasteiger partial charge in [0.05, 0.1) is 0 Å². The van der Waals surface area contributed by atoms with Crippen LogP contribution in [0.1, 0.15) is 16.1 Å². The molecule has 0 aliphatic heterocycles. The van der Waals surface area contributed by atoms with Crippen LogP contribution in [-0.2, 0) is 6.61 Å². The molecule has 0 unspecified atom stereocenters. The van der Waals surface area contributed by atoms with Crippen molar-refractivity contribution in [3.05, 3.63) is 53.7 Å². The van der Waals surface area contributed by atoms with Gasteiger partial charge in [0, 0.05) is 6.07 Å². The first-order valence-electron chi connectivity index (χ1n) is 4.99. The van der Waals surface area contributed by atoms with Crippen LogP contribution in [0.3, 0.4) is 0 Å². The minimum absolute atomic E-state index is 0.0999. The minimum atomic E-state index is -1.10. The SMILES string of the molecule is O=C(O)c1ccc(OCc2ccccc2)nn1. The Morgan fingerprint density at radius 2 is 1.88 bits per heavy atom. The highest BCUT2D eigenvalue weighted by atomic mass is 16.5. The molecule has 0 radical (unpaired) electrons. The third kappa shape index (κ3) is 3.01. The lowest BCUT2D eigenvalue weighted by Gasteiger charge is -2.04. The Morgan fingerprint density at radius 1 is 1.12 bits per heavy atom. The fraction of sp³-hybridized carbons (Fsp3) is 0.0833. The largest absolute Gasteiger partial charge is 0.476 e. The summed E-state index contributed by atoms with van der Waals surface area (Å²) in [4.78, 5) is 10.5. The number of carboxylic acid groups (broad SMARTS) is 1. The van der Waals surface area contributed by atoms with Crippen LogP contribution in [0.25, 0.3) is 0 Å². The smallest absolute Gasteiger partial charge is 0.356 e. The summed E-state index contributed by atoms with van der Waals surface area (Å²) in [5, 5.41) is 15.8. The van der Waals surface area contributed by atoms with E-state index in [2.05, 4.69) is 10.2 Å². The van der Waals surface area contributed by atoms with E-state index in [1.165, 1.54) is 12.1 Å². The van der Waals surface area contributed by atoms with E-state index in [4.69, 9.17) is 9.84 Å². The standard InChI is InChI=1S/C12H10N2O3/c15-12(16)10-6-7-11(14-13-10)17-8-9-4-2-1-3-5-9/h1-7H,8H2,(H,15,16). The topological polar surface area (TPSA) is 72.3 Å². The van der Waals surface area contributed by atoms with Crippen molar-refractivity contribution in [2.45, 2.75) is 6.61 Å². The maximum Gasteiger partial charge on any atom is 0.356 e. The van der Waals surface area contributed by atoms with Gasteiger partial charge >= 0.3 is 5.97 Å². The number of rotatable bonds is 4. The molecule has 0 fully saturated rings. The van der Waals surface area contributed by atoms with Crippen LogP contribution >= 0.6 is 0 Å². The van der Waals surface area contributed by atoms with E-state index in [1.807, 2.05) is 30.3 Å². The van der Waals surface area contributed by atoms with Crippen LogP contribution in [0.4, 0.5) is 0 Å². The molecule has 2 rings (SSSR count). The Labute approximate surface area is 97.7 Å². The van der Waals surface area contributed by atoms with Crippen molar-refractivity contribution in [1.82, 2.24) is 10.2 Å². The number of hydrogen-bond acceptors (Lipinski definition) is 4. The quantitative estimate of drug-likeness (QED) is 0.866. The van der Waals surface area contributed by atoms with Crippen LogP contribution in [-0.4, -0.2) is 21.3 Å². The second kappa shape index (κ2) is 5.07. The Kier molecular flexibility index (Phi) is 3.30. The van der Waals surface area contributed by atoms with Gasteiger partial charge in [0.2, 0.25) is 5.88 Å². The van der Waals surface area contributed by atoms with E-state index >= 15 is 0 Å². The highest BCUT2D eigenvalue weighted by molar-refractivity contribution is 5.84. The third-order valence-electron chi connectivity index (χ3n) is 2.09. The highest BCUT2D eigenvalue weighted by Crippen LogP contribution is 2.08. The van der Waals surface area contributed by atoms with Crippen molar-refractivity contribution in [2.75, 3.05) is 0 Å². The second-order valence-electron chi connectivity index (χ2n) is 3.34. The molecule has 0 aliphatic carbocycles. The van der Waals surface area contributed by atoms with Crippen LogP contribution in [0.5, 0.6) is 5.88 Å². The van der Waals surface area contributed by atoms with Crippen molar-refractivity contribution in [2.24, 2.45) is 0 Å². The van der Waals surface area contributed by atoms with E-state index in [0.717, 1.165) is 5.56 Å². The van der Waals surface area contributed by atoms with Gasteiger partial charge in [-0.3, -0.25) is 0 Å². The monoisotopic (exact) mass is 230 g/mol. The van der Waals surface area contributed by atoms with Crippen molar-refractivity contribution < 1.29 is 14.6 Å². The second-order valence-corrected chi connectivity index (χ2v) is 3.34. The number of aromatic carboxylic acids is 1. The zero-order valence-electron chi connectivity index (χ0n) is 8.91. The van der Waals surface area contributed by atoms with Gasteiger partial charge in [-0.2, -0.15) is 0 Å². The van der Waals surface area contributed by atoms with Gasteiger partial charge in [0.15, 0.2) is 5.69 Å². The summed E-state index contributed by atoms with van der Waals surface area (Å²) in [6, 6.07) is 12.5. The molecule has 1 aromatic carbocycles. The Hall–Kier alpha value is -2.43. The Bertz CT molecular complexity index is 497. The molecule has 0 saturated carbocycles. The van der Waals surface area contributed by atoms with Crippen molar-refractivity contribution in [1.29, 1.82) is 0 Å². The molecule has 5 nitrogen and oxygen atoms in total. The highest BCUT2D eigenvalue weighted by Gasteiger charge is 2.05. The molecule has 5 heteroatoms. The van der Waals surface area contributed by atoms with Gasteiger partial charge in [-0.25, -0.2) is 4.79 Å². The normalized spacial score (nSPS) is 9.88. The lowest BCUT2D eigenvalue weighted by atomic mass is 10.2. The first-order valence-corrected chi connectivity index (χ1v) is 4.99. The predicted molar refractivity (Wildman–Crippen MR) is 59.8 cm³/mol. The molecule has 1 heterocycles. The molecule has 0 bridgehead atoms. The minimum Gasteiger partial charge on any atom is -0.476 e. The van der Waals surface area contributed by atoms with Crippen molar-refractivity contribution >= 4 is 5.97 Å². The van der Waals surface area contributed by atoms with Crippen molar-refractivity contribution in [3.8, 4) is 5.88 Å². The van der Waals surface area contributed by atoms with E-state index in [9.17, 15) is 4.79 Å². The first kappa shape index (κ1) is 11.1. The van der Waals surface area contributed by atoms with Crippen LogP contribution in [0, 0.1) is 0 Å². The molecule has 0 atom stereocenters. The molecule has 0 spiro atoms. The van der Waals surface area contributed by atoms with E-state index in [0.29, 0.717) is 12.5 Å². The average Bonchev–Trinajstić information content (AvgIpc) is 2.38. The van der Waals surface area contributed by atoms with Crippen molar-refractivity contribution in [3.63, 3.8) is 0 Å². The van der Waals surface area contributed by atoms with E-state index < -0.39 is 5.97 Å². The lowest BCUT2D eigenvalue weighted by Crippen LogP contribution is -2.03. The number of ether oxygens (including phenoxy) is 1. The van der Waals surface area contributed by atoms with E-state index in [1.54, 1.807) is 0 Å². The maximum atomic E-state index is 10.5. The predicted octanol–water partition coefficient (Wildman–Crippen LogP) is 1.75. The zero-order chi connectivity index (χ0) is 12.1. The van der Waals surface area contributed by atoms with E-state index in [-0.39, 0.29) is 5.69 Å². The van der Waals surface area contributed by atoms with Gasteiger partial charge in [0.25, 0.3) is 0 Å². The number of carbonyl (C=O) groups is 1. The molecular weight excluding hydrogens is 220 g/mol. The van der Waals surface area contributed by atoms with Crippen LogP contribution in [0.15, 0.2) is 42.5 Å². The van der Waals surface area contributed by atoms with Gasteiger partial charge in [-0.1, -0.05) is 30.3 Å². The summed E-state index contributed by atoms with van der Waals surface area (Å²) in [7, 11) is 0. The molecular formula is C12H10N2O3. The summed E-state index contributed by atoms with van der Waals surface area (Å²) in [6.45, 7) is 0.377. The summed E-state index contributed by atoms with van der Waals surface area (Å²) in [5.41, 5.74) is 0.911. The molecule has 1 N–H and O–H groups in total. The summed E-state index contributed by atoms with van der Waals surface area (Å²) in [5.74, 6) is -0.800. The Balaban J connectivity index is 1.98. The molecule has 86 valence electrons. The number of benzene rings is 1. The number of carboxylic acids is 1. The zero-order valence-corrected chi connectivity index (χ0v) is 8.91. The first-order chi connectivity index (χ1) is 8.25.